The second-order valence-electron chi connectivity index (χ2n) is 5.99. The van der Waals surface area contributed by atoms with Crippen LogP contribution in [-0.2, 0) is 0 Å². The number of para-hydroxylation sites is 1. The first-order valence-corrected chi connectivity index (χ1v) is 9.56. The van der Waals surface area contributed by atoms with Crippen molar-refractivity contribution in [2.24, 2.45) is 0 Å². The summed E-state index contributed by atoms with van der Waals surface area (Å²) >= 11 is 7.76. The second-order valence-corrected chi connectivity index (χ2v) is 7.49. The topological polar surface area (TPSA) is 34.0 Å². The summed E-state index contributed by atoms with van der Waals surface area (Å²) in [5.74, 6) is 1.84. The molecule has 25 heavy (non-hydrogen) atoms. The van der Waals surface area contributed by atoms with E-state index in [1.807, 2.05) is 42.5 Å². The number of hydrogen-bond donors (Lipinski definition) is 0. The minimum Gasteiger partial charge on any atom is -0.309 e. The van der Waals surface area contributed by atoms with Gasteiger partial charge >= 0.3 is 0 Å². The molecule has 0 aliphatic heterocycles. The van der Waals surface area contributed by atoms with E-state index >= 15 is 0 Å². The van der Waals surface area contributed by atoms with Crippen LogP contribution in [-0.4, -0.2) is 46.1 Å². The lowest BCUT2D eigenvalue weighted by Crippen LogP contribution is -2.13. The number of benzene rings is 2. The molecule has 0 bridgehead atoms. The maximum Gasteiger partial charge on any atom is 0.196 e. The minimum absolute atomic E-state index is 0.716. The van der Waals surface area contributed by atoms with Crippen LogP contribution in [0.25, 0.3) is 17.1 Å². The highest BCUT2D eigenvalue weighted by molar-refractivity contribution is 7.99. The Kier molecular flexibility index (Phi) is 6.13. The molecule has 0 atom stereocenters. The summed E-state index contributed by atoms with van der Waals surface area (Å²) in [5, 5.41) is 10.5. The Labute approximate surface area is 157 Å². The molecular formula is C19H21ClN4S. The third-order valence-corrected chi connectivity index (χ3v) is 5.00. The van der Waals surface area contributed by atoms with Gasteiger partial charge < -0.3 is 4.90 Å². The van der Waals surface area contributed by atoms with Crippen molar-refractivity contribution in [3.8, 4) is 17.1 Å². The summed E-state index contributed by atoms with van der Waals surface area (Å²) in [6, 6.07) is 17.9. The molecule has 6 heteroatoms. The van der Waals surface area contributed by atoms with E-state index in [-0.39, 0.29) is 0 Å². The zero-order chi connectivity index (χ0) is 17.6. The van der Waals surface area contributed by atoms with Gasteiger partial charge in [-0.3, -0.25) is 4.57 Å². The number of rotatable bonds is 7. The molecule has 4 nitrogen and oxygen atoms in total. The standard InChI is InChI=1S/C19H21ClN4S/c1-23(2)13-6-14-25-19-22-21-18(15-9-11-16(20)12-10-15)24(19)17-7-4-3-5-8-17/h3-5,7-12H,6,13-14H2,1-2H3. The fourth-order valence-electron chi connectivity index (χ4n) is 2.50. The zero-order valence-electron chi connectivity index (χ0n) is 14.4. The molecule has 0 N–H and O–H groups in total. The van der Waals surface area contributed by atoms with Gasteiger partial charge in [0.05, 0.1) is 0 Å². The molecule has 0 fully saturated rings. The summed E-state index contributed by atoms with van der Waals surface area (Å²) < 4.78 is 2.11. The summed E-state index contributed by atoms with van der Waals surface area (Å²) in [5.41, 5.74) is 2.06. The summed E-state index contributed by atoms with van der Waals surface area (Å²) in [6.45, 7) is 1.07. The molecule has 3 rings (SSSR count). The van der Waals surface area contributed by atoms with Crippen LogP contribution in [0.1, 0.15) is 6.42 Å². The first-order chi connectivity index (χ1) is 12.1. The van der Waals surface area contributed by atoms with Crippen molar-refractivity contribution >= 4 is 23.4 Å². The molecule has 3 aromatic rings. The van der Waals surface area contributed by atoms with Crippen LogP contribution in [0.15, 0.2) is 59.8 Å². The molecule has 0 unspecified atom stereocenters. The van der Waals surface area contributed by atoms with Gasteiger partial charge in [-0.25, -0.2) is 0 Å². The molecular weight excluding hydrogens is 352 g/mol. The van der Waals surface area contributed by atoms with E-state index in [0.717, 1.165) is 41.0 Å². The fourth-order valence-corrected chi connectivity index (χ4v) is 3.50. The van der Waals surface area contributed by atoms with Gasteiger partial charge in [0, 0.05) is 22.0 Å². The molecule has 0 amide bonds. The average molecular weight is 373 g/mol. The molecule has 2 aromatic carbocycles. The Morgan fingerprint density at radius 1 is 1.00 bits per heavy atom. The number of nitrogens with zero attached hydrogens (tertiary/aromatic N) is 4. The number of thioether (sulfide) groups is 1. The van der Waals surface area contributed by atoms with Crippen molar-refractivity contribution in [1.82, 2.24) is 19.7 Å². The summed E-state index contributed by atoms with van der Waals surface area (Å²) in [6.07, 6.45) is 1.11. The van der Waals surface area contributed by atoms with Crippen LogP contribution in [0, 0.1) is 0 Å². The Bertz CT molecular complexity index is 800. The van der Waals surface area contributed by atoms with Gasteiger partial charge in [0.2, 0.25) is 0 Å². The van der Waals surface area contributed by atoms with Crippen LogP contribution >= 0.6 is 23.4 Å². The van der Waals surface area contributed by atoms with Crippen molar-refractivity contribution in [1.29, 1.82) is 0 Å². The highest BCUT2D eigenvalue weighted by atomic mass is 35.5. The molecule has 0 aliphatic rings. The van der Waals surface area contributed by atoms with Crippen LogP contribution in [0.5, 0.6) is 0 Å². The highest BCUT2D eigenvalue weighted by Gasteiger charge is 2.15. The lowest BCUT2D eigenvalue weighted by Gasteiger charge is -2.11. The second kappa shape index (κ2) is 8.52. The van der Waals surface area contributed by atoms with Gasteiger partial charge in [-0.05, 0) is 63.5 Å². The number of halogens is 1. The largest absolute Gasteiger partial charge is 0.309 e. The van der Waals surface area contributed by atoms with E-state index in [1.165, 1.54) is 0 Å². The average Bonchev–Trinajstić information content (AvgIpc) is 3.04. The van der Waals surface area contributed by atoms with Crippen molar-refractivity contribution < 1.29 is 0 Å². The SMILES string of the molecule is CN(C)CCCSc1nnc(-c2ccc(Cl)cc2)n1-c1ccccc1. The first kappa shape index (κ1) is 18.0. The predicted octanol–water partition coefficient (Wildman–Crippen LogP) is 4.63. The van der Waals surface area contributed by atoms with Gasteiger partial charge in [-0.15, -0.1) is 10.2 Å². The fraction of sp³-hybridized carbons (Fsp3) is 0.263. The van der Waals surface area contributed by atoms with Gasteiger partial charge in [0.25, 0.3) is 0 Å². The highest BCUT2D eigenvalue weighted by Crippen LogP contribution is 2.28. The number of hydrogen-bond acceptors (Lipinski definition) is 4. The van der Waals surface area contributed by atoms with E-state index in [1.54, 1.807) is 11.8 Å². The van der Waals surface area contributed by atoms with Crippen LogP contribution in [0.4, 0.5) is 0 Å². The van der Waals surface area contributed by atoms with Crippen molar-refractivity contribution in [3.63, 3.8) is 0 Å². The van der Waals surface area contributed by atoms with E-state index in [4.69, 9.17) is 11.6 Å². The van der Waals surface area contributed by atoms with Crippen LogP contribution < -0.4 is 0 Å². The maximum atomic E-state index is 6.02. The lowest BCUT2D eigenvalue weighted by molar-refractivity contribution is 0.410. The van der Waals surface area contributed by atoms with Crippen molar-refractivity contribution in [2.45, 2.75) is 11.6 Å². The third kappa shape index (κ3) is 4.63. The Balaban J connectivity index is 1.92. The molecule has 130 valence electrons. The van der Waals surface area contributed by atoms with Gasteiger partial charge in [0.1, 0.15) is 0 Å². The Hall–Kier alpha value is -1.82. The first-order valence-electron chi connectivity index (χ1n) is 8.19. The molecule has 0 saturated carbocycles. The van der Waals surface area contributed by atoms with E-state index in [2.05, 4.69) is 45.9 Å². The normalized spacial score (nSPS) is 11.2. The minimum atomic E-state index is 0.716. The quantitative estimate of drug-likeness (QED) is 0.447. The van der Waals surface area contributed by atoms with Crippen LogP contribution in [0.3, 0.4) is 0 Å². The maximum absolute atomic E-state index is 6.02. The summed E-state index contributed by atoms with van der Waals surface area (Å²) in [7, 11) is 4.19. The molecule has 0 saturated heterocycles. The molecule has 1 heterocycles. The van der Waals surface area contributed by atoms with E-state index in [0.29, 0.717) is 5.02 Å². The van der Waals surface area contributed by atoms with Crippen molar-refractivity contribution in [2.75, 3.05) is 26.4 Å². The third-order valence-electron chi connectivity index (χ3n) is 3.73. The number of aromatic nitrogens is 3. The Morgan fingerprint density at radius 3 is 2.40 bits per heavy atom. The van der Waals surface area contributed by atoms with E-state index < -0.39 is 0 Å². The van der Waals surface area contributed by atoms with Crippen LogP contribution in [0.2, 0.25) is 5.02 Å². The van der Waals surface area contributed by atoms with Crippen molar-refractivity contribution in [3.05, 3.63) is 59.6 Å². The molecule has 0 radical (unpaired) electrons. The molecule has 0 spiro atoms. The molecule has 1 aromatic heterocycles. The lowest BCUT2D eigenvalue weighted by atomic mass is 10.2. The monoisotopic (exact) mass is 372 g/mol. The van der Waals surface area contributed by atoms with Gasteiger partial charge in [0.15, 0.2) is 11.0 Å². The smallest absolute Gasteiger partial charge is 0.196 e. The van der Waals surface area contributed by atoms with E-state index in [9.17, 15) is 0 Å². The van der Waals surface area contributed by atoms with Gasteiger partial charge in [-0.2, -0.15) is 0 Å². The predicted molar refractivity (Wildman–Crippen MR) is 106 cm³/mol. The Morgan fingerprint density at radius 2 is 1.72 bits per heavy atom. The zero-order valence-corrected chi connectivity index (χ0v) is 16.0. The molecule has 0 aliphatic carbocycles. The summed E-state index contributed by atoms with van der Waals surface area (Å²) in [4.78, 5) is 2.20. The van der Waals surface area contributed by atoms with Gasteiger partial charge in [-0.1, -0.05) is 41.6 Å².